The van der Waals surface area contributed by atoms with Crippen molar-refractivity contribution in [1.29, 1.82) is 0 Å². The summed E-state index contributed by atoms with van der Waals surface area (Å²) in [4.78, 5) is 0.0899. The van der Waals surface area contributed by atoms with E-state index < -0.39 is 10.0 Å². The molecule has 6 heteroatoms. The third-order valence-corrected chi connectivity index (χ3v) is 4.79. The molecule has 0 amide bonds. The molecule has 0 saturated carbocycles. The second-order valence-corrected chi connectivity index (χ2v) is 8.00. The van der Waals surface area contributed by atoms with Gasteiger partial charge in [0.2, 0.25) is 10.0 Å². The Morgan fingerprint density at radius 1 is 1.04 bits per heavy atom. The van der Waals surface area contributed by atoms with E-state index in [0.29, 0.717) is 5.92 Å². The molecule has 2 N–H and O–H groups in total. The Morgan fingerprint density at radius 2 is 1.68 bits per heavy atom. The van der Waals surface area contributed by atoms with E-state index in [9.17, 15) is 8.42 Å². The number of hydrogen-bond donors (Lipinski definition) is 1. The van der Waals surface area contributed by atoms with Gasteiger partial charge in [0.05, 0.1) is 22.0 Å². The van der Waals surface area contributed by atoms with Crippen molar-refractivity contribution < 1.29 is 8.42 Å². The second-order valence-electron chi connectivity index (χ2n) is 6.44. The molecule has 0 spiro atoms. The van der Waals surface area contributed by atoms with E-state index in [1.807, 2.05) is 35.0 Å². The van der Waals surface area contributed by atoms with Crippen LogP contribution in [0.2, 0.25) is 0 Å². The van der Waals surface area contributed by atoms with Gasteiger partial charge < -0.3 is 0 Å². The summed E-state index contributed by atoms with van der Waals surface area (Å²) in [5, 5.41) is 9.90. The lowest BCUT2D eigenvalue weighted by Crippen LogP contribution is -2.12. The molecular formula is C19H21N3O2S. The molecule has 5 nitrogen and oxygen atoms in total. The van der Waals surface area contributed by atoms with E-state index in [1.165, 1.54) is 12.1 Å². The van der Waals surface area contributed by atoms with Crippen molar-refractivity contribution in [1.82, 2.24) is 9.78 Å². The summed E-state index contributed by atoms with van der Waals surface area (Å²) in [5.74, 6) is 0.497. The van der Waals surface area contributed by atoms with Gasteiger partial charge in [-0.25, -0.2) is 18.2 Å². The molecule has 0 bridgehead atoms. The number of nitrogens with zero attached hydrogens (tertiary/aromatic N) is 2. The smallest absolute Gasteiger partial charge is 0.233 e. The normalized spacial score (nSPS) is 11.8. The highest BCUT2D eigenvalue weighted by Gasteiger charge is 2.14. The molecule has 0 unspecified atom stereocenters. The Labute approximate surface area is 148 Å². The van der Waals surface area contributed by atoms with E-state index >= 15 is 0 Å². The van der Waals surface area contributed by atoms with Gasteiger partial charge in [-0.05, 0) is 42.7 Å². The number of sulfonamides is 1. The maximum atomic E-state index is 11.4. The minimum Gasteiger partial charge on any atom is -0.233 e. The Hall–Kier alpha value is -2.44. The Morgan fingerprint density at radius 3 is 2.24 bits per heavy atom. The van der Waals surface area contributed by atoms with Gasteiger partial charge in [0, 0.05) is 5.56 Å². The van der Waals surface area contributed by atoms with Crippen LogP contribution in [-0.2, 0) is 16.4 Å². The van der Waals surface area contributed by atoms with Gasteiger partial charge in [-0.15, -0.1) is 0 Å². The molecule has 2 aromatic carbocycles. The molecule has 0 radical (unpaired) electrons. The van der Waals surface area contributed by atoms with Gasteiger partial charge in [0.1, 0.15) is 0 Å². The summed E-state index contributed by atoms with van der Waals surface area (Å²) in [7, 11) is -3.70. The molecule has 0 saturated heterocycles. The molecular weight excluding hydrogens is 334 g/mol. The summed E-state index contributed by atoms with van der Waals surface area (Å²) in [5.41, 5.74) is 3.82. The maximum absolute atomic E-state index is 11.4. The van der Waals surface area contributed by atoms with Crippen LogP contribution in [0.4, 0.5) is 0 Å². The lowest BCUT2D eigenvalue weighted by atomic mass is 10.1. The maximum Gasteiger partial charge on any atom is 0.238 e. The SMILES string of the molecule is CC(C)Cc1cc(-c2ccccc2)n(-c2ccc(S(N)(=O)=O)cc2)n1. The summed E-state index contributed by atoms with van der Waals surface area (Å²) in [6.45, 7) is 4.31. The van der Waals surface area contributed by atoms with Crippen LogP contribution in [0, 0.1) is 5.92 Å². The van der Waals surface area contributed by atoms with Crippen LogP contribution in [0.15, 0.2) is 65.6 Å². The molecule has 0 atom stereocenters. The zero-order valence-electron chi connectivity index (χ0n) is 14.3. The molecule has 0 fully saturated rings. The first-order chi connectivity index (χ1) is 11.8. The highest BCUT2D eigenvalue weighted by atomic mass is 32.2. The number of primary sulfonamides is 1. The highest BCUT2D eigenvalue weighted by molar-refractivity contribution is 7.89. The quantitative estimate of drug-likeness (QED) is 0.762. The van der Waals surface area contributed by atoms with Gasteiger partial charge >= 0.3 is 0 Å². The lowest BCUT2D eigenvalue weighted by Gasteiger charge is -2.08. The summed E-state index contributed by atoms with van der Waals surface area (Å²) in [6, 6.07) is 18.5. The van der Waals surface area contributed by atoms with Crippen LogP contribution in [0.3, 0.4) is 0 Å². The number of rotatable bonds is 5. The number of hydrogen-bond acceptors (Lipinski definition) is 3. The molecule has 0 aliphatic heterocycles. The van der Waals surface area contributed by atoms with Crippen LogP contribution in [0.5, 0.6) is 0 Å². The Bertz CT molecular complexity index is 960. The molecule has 1 heterocycles. The number of benzene rings is 2. The fraction of sp³-hybridized carbons (Fsp3) is 0.211. The van der Waals surface area contributed by atoms with E-state index in [-0.39, 0.29) is 4.90 Å². The van der Waals surface area contributed by atoms with Crippen LogP contribution in [0.1, 0.15) is 19.5 Å². The van der Waals surface area contributed by atoms with E-state index in [0.717, 1.165) is 29.1 Å². The topological polar surface area (TPSA) is 78.0 Å². The van der Waals surface area contributed by atoms with Crippen LogP contribution in [-0.4, -0.2) is 18.2 Å². The van der Waals surface area contributed by atoms with Gasteiger partial charge in [-0.3, -0.25) is 0 Å². The average Bonchev–Trinajstić information content (AvgIpc) is 2.98. The summed E-state index contributed by atoms with van der Waals surface area (Å²) >= 11 is 0. The highest BCUT2D eigenvalue weighted by Crippen LogP contribution is 2.25. The van der Waals surface area contributed by atoms with Crippen LogP contribution < -0.4 is 5.14 Å². The predicted octanol–water partition coefficient (Wildman–Crippen LogP) is 3.39. The van der Waals surface area contributed by atoms with Crippen molar-refractivity contribution in [3.8, 4) is 16.9 Å². The molecule has 25 heavy (non-hydrogen) atoms. The standard InChI is InChI=1S/C19H21N3O2S/c1-14(2)12-16-13-19(15-6-4-3-5-7-15)22(21-16)17-8-10-18(11-9-17)25(20,23)24/h3-11,13-14H,12H2,1-2H3,(H2,20,23,24). The van der Waals surface area contributed by atoms with Crippen molar-refractivity contribution in [3.05, 3.63) is 66.4 Å². The second kappa shape index (κ2) is 6.82. The minimum absolute atomic E-state index is 0.0899. The van der Waals surface area contributed by atoms with Crippen LogP contribution >= 0.6 is 0 Å². The summed E-state index contributed by atoms with van der Waals surface area (Å²) < 4.78 is 24.7. The zero-order valence-corrected chi connectivity index (χ0v) is 15.1. The van der Waals surface area contributed by atoms with Crippen molar-refractivity contribution in [3.63, 3.8) is 0 Å². The van der Waals surface area contributed by atoms with Gasteiger partial charge in [-0.1, -0.05) is 44.2 Å². The van der Waals surface area contributed by atoms with Crippen molar-refractivity contribution in [2.75, 3.05) is 0 Å². The van der Waals surface area contributed by atoms with E-state index in [1.54, 1.807) is 12.1 Å². The lowest BCUT2D eigenvalue weighted by molar-refractivity contribution is 0.597. The molecule has 1 aromatic heterocycles. The molecule has 3 aromatic rings. The Kier molecular flexibility index (Phi) is 4.74. The predicted molar refractivity (Wildman–Crippen MR) is 98.9 cm³/mol. The first-order valence-corrected chi connectivity index (χ1v) is 9.67. The first-order valence-electron chi connectivity index (χ1n) is 8.12. The third kappa shape index (κ3) is 3.97. The third-order valence-electron chi connectivity index (χ3n) is 3.86. The molecule has 0 aliphatic carbocycles. The van der Waals surface area contributed by atoms with Gasteiger partial charge in [-0.2, -0.15) is 5.10 Å². The largest absolute Gasteiger partial charge is 0.238 e. The molecule has 0 aliphatic rings. The molecule has 130 valence electrons. The average molecular weight is 355 g/mol. The zero-order chi connectivity index (χ0) is 18.0. The fourth-order valence-electron chi connectivity index (χ4n) is 2.74. The van der Waals surface area contributed by atoms with Crippen molar-refractivity contribution >= 4 is 10.0 Å². The van der Waals surface area contributed by atoms with Crippen LogP contribution in [0.25, 0.3) is 16.9 Å². The fourth-order valence-corrected chi connectivity index (χ4v) is 3.25. The van der Waals surface area contributed by atoms with Crippen molar-refractivity contribution in [2.45, 2.75) is 25.2 Å². The molecule has 3 rings (SSSR count). The van der Waals surface area contributed by atoms with Gasteiger partial charge in [0.15, 0.2) is 0 Å². The van der Waals surface area contributed by atoms with E-state index in [4.69, 9.17) is 10.2 Å². The number of aromatic nitrogens is 2. The van der Waals surface area contributed by atoms with Gasteiger partial charge in [0.25, 0.3) is 0 Å². The Balaban J connectivity index is 2.09. The first kappa shape index (κ1) is 17.4. The van der Waals surface area contributed by atoms with Crippen molar-refractivity contribution in [2.24, 2.45) is 11.1 Å². The summed E-state index contributed by atoms with van der Waals surface area (Å²) in [6.07, 6.45) is 0.877. The monoisotopic (exact) mass is 355 g/mol. The van der Waals surface area contributed by atoms with E-state index in [2.05, 4.69) is 19.9 Å². The number of nitrogens with two attached hydrogens (primary N) is 1. The minimum atomic E-state index is -3.70.